The van der Waals surface area contributed by atoms with Crippen molar-refractivity contribution in [2.24, 2.45) is 5.73 Å². The average molecular weight is 390 g/mol. The van der Waals surface area contributed by atoms with Crippen molar-refractivity contribution in [3.63, 3.8) is 0 Å². The van der Waals surface area contributed by atoms with Gasteiger partial charge < -0.3 is 15.8 Å². The lowest BCUT2D eigenvalue weighted by atomic mass is 10.3. The predicted molar refractivity (Wildman–Crippen MR) is 93.6 cm³/mol. The Morgan fingerprint density at radius 1 is 1.21 bits per heavy atom. The van der Waals surface area contributed by atoms with Crippen molar-refractivity contribution in [3.05, 3.63) is 59.7 Å². The summed E-state index contributed by atoms with van der Waals surface area (Å²) in [5, 5.41) is 10.5. The number of nitrogens with two attached hydrogens (primary N) is 1. The van der Waals surface area contributed by atoms with Gasteiger partial charge in [-0.2, -0.15) is 10.2 Å². The Morgan fingerprint density at radius 3 is 2.68 bits per heavy atom. The number of hydrogen-bond acceptors (Lipinski definition) is 5. The first-order valence-electron chi connectivity index (χ1n) is 8.17. The normalized spacial score (nSPS) is 10.7. The van der Waals surface area contributed by atoms with Crippen molar-refractivity contribution in [1.29, 1.82) is 0 Å². The van der Waals surface area contributed by atoms with Crippen LogP contribution in [-0.2, 0) is 13.3 Å². The molecule has 2 amide bonds. The molecule has 0 saturated carbocycles. The van der Waals surface area contributed by atoms with E-state index >= 15 is 0 Å². The van der Waals surface area contributed by atoms with Gasteiger partial charge >= 0.3 is 0 Å². The summed E-state index contributed by atoms with van der Waals surface area (Å²) >= 11 is 0. The lowest BCUT2D eigenvalue weighted by Gasteiger charge is -2.07. The molecule has 0 aliphatic carbocycles. The van der Waals surface area contributed by atoms with Gasteiger partial charge in [0, 0.05) is 25.0 Å². The summed E-state index contributed by atoms with van der Waals surface area (Å²) in [6.07, 6.45) is 2.93. The molecule has 0 unspecified atom stereocenters. The Hall–Kier alpha value is -3.76. The molecule has 2 aromatic heterocycles. The minimum Gasteiger partial charge on any atom is -0.468 e. The molecule has 3 N–H and O–H groups in total. The van der Waals surface area contributed by atoms with Crippen LogP contribution in [0.5, 0.6) is 5.75 Å². The third kappa shape index (κ3) is 4.14. The minimum atomic E-state index is -0.850. The van der Waals surface area contributed by atoms with Crippen LogP contribution in [0, 0.1) is 11.6 Å². The Bertz CT molecular complexity index is 1030. The van der Waals surface area contributed by atoms with Crippen molar-refractivity contribution < 1.29 is 23.1 Å². The van der Waals surface area contributed by atoms with Crippen LogP contribution in [0.15, 0.2) is 36.7 Å². The number of anilines is 1. The van der Waals surface area contributed by atoms with Crippen molar-refractivity contribution in [2.75, 3.05) is 5.32 Å². The Balaban J connectivity index is 1.67. The van der Waals surface area contributed by atoms with Crippen molar-refractivity contribution in [3.8, 4) is 5.75 Å². The largest absolute Gasteiger partial charge is 0.468 e. The van der Waals surface area contributed by atoms with Crippen LogP contribution in [-0.4, -0.2) is 31.4 Å². The number of hydrogen-bond donors (Lipinski definition) is 2. The highest BCUT2D eigenvalue weighted by Gasteiger charge is 2.18. The van der Waals surface area contributed by atoms with Gasteiger partial charge in [-0.25, -0.2) is 13.5 Å². The van der Waals surface area contributed by atoms with Gasteiger partial charge in [0.15, 0.2) is 29.7 Å². The summed E-state index contributed by atoms with van der Waals surface area (Å²) in [7, 11) is 0. The fraction of sp³-hybridized carbons (Fsp3) is 0.176. The summed E-state index contributed by atoms with van der Waals surface area (Å²) in [4.78, 5) is 23.8. The molecule has 0 aliphatic heterocycles. The van der Waals surface area contributed by atoms with Gasteiger partial charge in [-0.05, 0) is 25.1 Å². The molecule has 0 aliphatic rings. The molecule has 2 heterocycles. The number of ether oxygens (including phenoxy) is 1. The second-order valence-electron chi connectivity index (χ2n) is 5.65. The van der Waals surface area contributed by atoms with Crippen LogP contribution >= 0.6 is 0 Å². The highest BCUT2D eigenvalue weighted by atomic mass is 19.1. The van der Waals surface area contributed by atoms with Gasteiger partial charge in [0.25, 0.3) is 11.8 Å². The van der Waals surface area contributed by atoms with Crippen LogP contribution in [0.4, 0.5) is 14.5 Å². The third-order valence-corrected chi connectivity index (χ3v) is 3.69. The molecule has 0 saturated heterocycles. The van der Waals surface area contributed by atoms with E-state index in [1.54, 1.807) is 0 Å². The number of benzene rings is 1. The number of rotatable bonds is 7. The molecular weight excluding hydrogens is 374 g/mol. The Morgan fingerprint density at radius 2 is 2.00 bits per heavy atom. The summed E-state index contributed by atoms with van der Waals surface area (Å²) < 4.78 is 34.4. The zero-order chi connectivity index (χ0) is 20.3. The zero-order valence-electron chi connectivity index (χ0n) is 14.7. The van der Waals surface area contributed by atoms with Crippen LogP contribution < -0.4 is 15.8 Å². The van der Waals surface area contributed by atoms with Crippen LogP contribution in [0.25, 0.3) is 0 Å². The van der Waals surface area contributed by atoms with Crippen molar-refractivity contribution >= 4 is 17.5 Å². The highest BCUT2D eigenvalue weighted by molar-refractivity contribution is 6.06. The fourth-order valence-electron chi connectivity index (χ4n) is 2.33. The fourth-order valence-corrected chi connectivity index (χ4v) is 2.33. The summed E-state index contributed by atoms with van der Waals surface area (Å²) in [5.74, 6) is -3.09. The predicted octanol–water partition coefficient (Wildman–Crippen LogP) is 1.77. The first-order valence-corrected chi connectivity index (χ1v) is 8.17. The molecule has 11 heteroatoms. The summed E-state index contributed by atoms with van der Waals surface area (Å²) in [6.45, 7) is 2.10. The van der Waals surface area contributed by atoms with E-state index in [0.29, 0.717) is 12.6 Å². The van der Waals surface area contributed by atoms with E-state index in [1.165, 1.54) is 27.8 Å². The smallest absolute Gasteiger partial charge is 0.276 e. The van der Waals surface area contributed by atoms with Gasteiger partial charge in [-0.15, -0.1) is 0 Å². The van der Waals surface area contributed by atoms with Crippen LogP contribution in [0.2, 0.25) is 0 Å². The SMILES string of the molecule is CCn1cc(NC(=O)c2ccn(COc3ccc(F)cc3F)n2)c(C(N)=O)n1. The number of carbonyl (C=O) groups excluding carboxylic acids is 2. The Labute approximate surface area is 157 Å². The maximum Gasteiger partial charge on any atom is 0.276 e. The van der Waals surface area contributed by atoms with E-state index in [0.717, 1.165) is 12.1 Å². The zero-order valence-corrected chi connectivity index (χ0v) is 14.7. The third-order valence-electron chi connectivity index (χ3n) is 3.69. The number of primary amides is 1. The van der Waals surface area contributed by atoms with Gasteiger partial charge in [-0.1, -0.05) is 0 Å². The van der Waals surface area contributed by atoms with Crippen molar-refractivity contribution in [2.45, 2.75) is 20.2 Å². The number of carbonyl (C=O) groups is 2. The number of nitrogens with one attached hydrogen (secondary N) is 1. The van der Waals surface area contributed by atoms with E-state index in [2.05, 4.69) is 15.5 Å². The van der Waals surface area contributed by atoms with Crippen molar-refractivity contribution in [1.82, 2.24) is 19.6 Å². The number of halogens is 2. The molecule has 9 nitrogen and oxygen atoms in total. The van der Waals surface area contributed by atoms with E-state index in [4.69, 9.17) is 10.5 Å². The van der Waals surface area contributed by atoms with Gasteiger partial charge in [0.05, 0.1) is 5.69 Å². The van der Waals surface area contributed by atoms with Gasteiger partial charge in [-0.3, -0.25) is 14.3 Å². The number of aromatic nitrogens is 4. The number of amides is 2. The molecular formula is C17H16F2N6O3. The molecule has 0 atom stereocenters. The van der Waals surface area contributed by atoms with E-state index < -0.39 is 23.4 Å². The maximum atomic E-state index is 13.6. The highest BCUT2D eigenvalue weighted by Crippen LogP contribution is 2.18. The first kappa shape index (κ1) is 19.0. The van der Waals surface area contributed by atoms with Gasteiger partial charge in [0.2, 0.25) is 0 Å². The lowest BCUT2D eigenvalue weighted by molar-refractivity contribution is 0.0995. The standard InChI is InChI=1S/C17H16F2N6O3/c1-2-24-8-13(15(23-24)16(20)26)21-17(27)12-5-6-25(22-12)9-28-14-4-3-10(18)7-11(14)19/h3-8H,2,9H2,1H3,(H2,20,26)(H,21,27). The first-order chi connectivity index (χ1) is 13.4. The molecule has 28 heavy (non-hydrogen) atoms. The maximum absolute atomic E-state index is 13.6. The average Bonchev–Trinajstić information content (AvgIpc) is 3.28. The number of nitrogens with zero attached hydrogens (tertiary/aromatic N) is 4. The molecule has 0 radical (unpaired) electrons. The molecule has 0 bridgehead atoms. The van der Waals surface area contributed by atoms with Crippen LogP contribution in [0.1, 0.15) is 27.9 Å². The van der Waals surface area contributed by atoms with Gasteiger partial charge in [0.1, 0.15) is 5.82 Å². The quantitative estimate of drug-likeness (QED) is 0.638. The van der Waals surface area contributed by atoms with E-state index in [-0.39, 0.29) is 29.6 Å². The number of aryl methyl sites for hydroxylation is 1. The molecule has 3 aromatic rings. The topological polar surface area (TPSA) is 117 Å². The second kappa shape index (κ2) is 7.86. The monoisotopic (exact) mass is 390 g/mol. The van der Waals surface area contributed by atoms with E-state index in [9.17, 15) is 18.4 Å². The molecule has 146 valence electrons. The Kier molecular flexibility index (Phi) is 5.34. The van der Waals surface area contributed by atoms with Crippen LogP contribution in [0.3, 0.4) is 0 Å². The lowest BCUT2D eigenvalue weighted by Crippen LogP contribution is -2.18. The second-order valence-corrected chi connectivity index (χ2v) is 5.65. The molecule has 1 aromatic carbocycles. The summed E-state index contributed by atoms with van der Waals surface area (Å²) in [5.41, 5.74) is 5.39. The molecule has 0 fully saturated rings. The summed E-state index contributed by atoms with van der Waals surface area (Å²) in [6, 6.07) is 4.32. The molecule has 3 rings (SSSR count). The minimum absolute atomic E-state index is 0.0304. The van der Waals surface area contributed by atoms with E-state index in [1.807, 2.05) is 6.92 Å². The molecule has 0 spiro atoms.